The highest BCUT2D eigenvalue weighted by Crippen LogP contribution is 2.50. The molecule has 0 N–H and O–H groups in total. The van der Waals surface area contributed by atoms with Crippen LogP contribution in [0.3, 0.4) is 0 Å². The van der Waals surface area contributed by atoms with Crippen LogP contribution in [0.4, 0.5) is 0 Å². The molecule has 0 saturated carbocycles. The van der Waals surface area contributed by atoms with Crippen LogP contribution in [0.5, 0.6) is 0 Å². The number of hydrogen-bond donors (Lipinski definition) is 0. The van der Waals surface area contributed by atoms with E-state index in [1.54, 1.807) is 0 Å². The van der Waals surface area contributed by atoms with Gasteiger partial charge in [0.2, 0.25) is 0 Å². The Morgan fingerprint density at radius 2 is 0.796 bits per heavy atom. The van der Waals surface area contributed by atoms with Crippen LogP contribution >= 0.6 is 22.7 Å². The van der Waals surface area contributed by atoms with Crippen molar-refractivity contribution in [2.45, 2.75) is 0 Å². The van der Waals surface area contributed by atoms with Gasteiger partial charge in [0.1, 0.15) is 0 Å². The van der Waals surface area contributed by atoms with Crippen molar-refractivity contribution in [3.63, 3.8) is 0 Å². The summed E-state index contributed by atoms with van der Waals surface area (Å²) >= 11 is 3.83. The highest BCUT2D eigenvalue weighted by molar-refractivity contribution is 7.28. The predicted molar refractivity (Wildman–Crippen MR) is 239 cm³/mol. The van der Waals surface area contributed by atoms with Gasteiger partial charge < -0.3 is 0 Å². The molecule has 0 spiro atoms. The molecule has 2 heterocycles. The van der Waals surface area contributed by atoms with Crippen molar-refractivity contribution in [3.05, 3.63) is 182 Å². The van der Waals surface area contributed by atoms with Crippen molar-refractivity contribution in [1.82, 2.24) is 0 Å². The summed E-state index contributed by atoms with van der Waals surface area (Å²) in [5, 5.41) is 15.6. The van der Waals surface area contributed by atoms with Gasteiger partial charge in [0.15, 0.2) is 0 Å². The monoisotopic (exact) mass is 718 g/mol. The second-order valence-electron chi connectivity index (χ2n) is 14.3. The second kappa shape index (κ2) is 11.6. The van der Waals surface area contributed by atoms with E-state index in [1.807, 2.05) is 22.7 Å². The van der Waals surface area contributed by atoms with Crippen LogP contribution in [0.25, 0.3) is 117 Å². The fourth-order valence-corrected chi connectivity index (χ4v) is 11.5. The molecule has 0 aliphatic carbocycles. The Hall–Kier alpha value is -6.32. The topological polar surface area (TPSA) is 0 Å². The van der Waals surface area contributed by atoms with Crippen LogP contribution < -0.4 is 0 Å². The molecule has 0 aliphatic heterocycles. The van der Waals surface area contributed by atoms with E-state index in [4.69, 9.17) is 0 Å². The summed E-state index contributed by atoms with van der Waals surface area (Å²) in [5.41, 5.74) is 7.74. The highest BCUT2D eigenvalue weighted by atomic mass is 32.1. The Kier molecular flexibility index (Phi) is 6.48. The van der Waals surface area contributed by atoms with Crippen molar-refractivity contribution in [1.29, 1.82) is 0 Å². The number of fused-ring (bicyclic) bond motifs is 10. The van der Waals surface area contributed by atoms with Crippen molar-refractivity contribution in [2.24, 2.45) is 0 Å². The molecule has 0 saturated heterocycles. The molecule has 2 heteroatoms. The smallest absolute Gasteiger partial charge is 0.0441 e. The van der Waals surface area contributed by atoms with E-state index in [1.165, 1.54) is 117 Å². The molecule has 0 bridgehead atoms. The van der Waals surface area contributed by atoms with Crippen molar-refractivity contribution >= 4 is 106 Å². The minimum Gasteiger partial charge on any atom is -0.135 e. The van der Waals surface area contributed by atoms with Gasteiger partial charge in [-0.3, -0.25) is 0 Å². The standard InChI is InChI=1S/C52H30S2/c1-2-14-36-31(12-1)13-11-21-38(36)50-41-18-5-3-16-39(41)48(40-17-4-6-19-42(40)50)34-26-24-33-29-35(27-25-32(33)28-34)49-51-43-20-8-10-23-46(43)53-47(51)30-44-37-15-7-9-22-45(37)54-52(44)49/h1-30H. The van der Waals surface area contributed by atoms with Gasteiger partial charge in [0.25, 0.3) is 0 Å². The molecule has 54 heavy (non-hydrogen) atoms. The average molecular weight is 719 g/mol. The van der Waals surface area contributed by atoms with Crippen molar-refractivity contribution in [3.8, 4) is 33.4 Å². The zero-order valence-electron chi connectivity index (χ0n) is 29.1. The van der Waals surface area contributed by atoms with Crippen molar-refractivity contribution in [2.75, 3.05) is 0 Å². The second-order valence-corrected chi connectivity index (χ2v) is 16.5. The molecule has 0 aliphatic rings. The fraction of sp³-hybridized carbons (Fsp3) is 0. The maximum Gasteiger partial charge on any atom is 0.0441 e. The lowest BCUT2D eigenvalue weighted by atomic mass is 9.84. The van der Waals surface area contributed by atoms with Gasteiger partial charge in [-0.15, -0.1) is 22.7 Å². The van der Waals surface area contributed by atoms with Crippen LogP contribution in [0, 0.1) is 0 Å². The maximum absolute atomic E-state index is 2.44. The van der Waals surface area contributed by atoms with E-state index in [-0.39, 0.29) is 0 Å². The predicted octanol–water partition coefficient (Wildman–Crippen LogP) is 16.0. The molecule has 0 amide bonds. The molecule has 10 aromatic carbocycles. The first-order valence-corrected chi connectivity index (χ1v) is 20.1. The normalized spacial score (nSPS) is 12.1. The zero-order chi connectivity index (χ0) is 35.3. The van der Waals surface area contributed by atoms with E-state index in [2.05, 4.69) is 182 Å². The number of benzene rings is 10. The third-order valence-electron chi connectivity index (χ3n) is 11.4. The summed E-state index contributed by atoms with van der Waals surface area (Å²) in [6, 6.07) is 67.8. The third-order valence-corrected chi connectivity index (χ3v) is 13.7. The van der Waals surface area contributed by atoms with Gasteiger partial charge in [-0.25, -0.2) is 0 Å². The quantitative estimate of drug-likeness (QED) is 0.160. The summed E-state index contributed by atoms with van der Waals surface area (Å²) in [7, 11) is 0. The lowest BCUT2D eigenvalue weighted by molar-refractivity contribution is 1.68. The summed E-state index contributed by atoms with van der Waals surface area (Å²) in [5.74, 6) is 0. The molecule has 0 radical (unpaired) electrons. The van der Waals surface area contributed by atoms with E-state index < -0.39 is 0 Å². The molecular formula is C52H30S2. The van der Waals surface area contributed by atoms with Gasteiger partial charge >= 0.3 is 0 Å². The maximum atomic E-state index is 2.44. The SMILES string of the molecule is c1ccc2c(-c3c4ccccc4c(-c4ccc5cc(-c6c7sc8ccccc8c7cc7sc8ccccc8c67)ccc5c4)c4ccccc34)cccc2c1. The highest BCUT2D eigenvalue weighted by Gasteiger charge is 2.20. The molecular weight excluding hydrogens is 689 g/mol. The molecule has 2 aromatic heterocycles. The Bertz CT molecular complexity index is 3440. The van der Waals surface area contributed by atoms with Gasteiger partial charge in [-0.1, -0.05) is 152 Å². The molecule has 0 unspecified atom stereocenters. The van der Waals surface area contributed by atoms with Gasteiger partial charge in [0, 0.05) is 45.9 Å². The van der Waals surface area contributed by atoms with Crippen LogP contribution in [-0.4, -0.2) is 0 Å². The first kappa shape index (κ1) is 30.2. The summed E-state index contributed by atoms with van der Waals surface area (Å²) in [6.45, 7) is 0. The minimum atomic E-state index is 1.24. The summed E-state index contributed by atoms with van der Waals surface area (Å²) in [6.07, 6.45) is 0. The third kappa shape index (κ3) is 4.36. The molecule has 0 atom stereocenters. The average Bonchev–Trinajstić information content (AvgIpc) is 3.79. The first-order chi connectivity index (χ1) is 26.8. The van der Waals surface area contributed by atoms with Gasteiger partial charge in [-0.05, 0) is 101 Å². The van der Waals surface area contributed by atoms with Crippen LogP contribution in [0.15, 0.2) is 182 Å². The largest absolute Gasteiger partial charge is 0.135 e. The minimum absolute atomic E-state index is 1.24. The van der Waals surface area contributed by atoms with E-state index in [0.29, 0.717) is 0 Å². The Morgan fingerprint density at radius 3 is 1.48 bits per heavy atom. The van der Waals surface area contributed by atoms with Crippen LogP contribution in [0.1, 0.15) is 0 Å². The molecule has 12 aromatic rings. The molecule has 0 nitrogen and oxygen atoms in total. The number of rotatable bonds is 3. The number of hydrogen-bond acceptors (Lipinski definition) is 2. The van der Waals surface area contributed by atoms with Crippen molar-refractivity contribution < 1.29 is 0 Å². The molecule has 12 rings (SSSR count). The van der Waals surface area contributed by atoms with E-state index in [0.717, 1.165) is 0 Å². The van der Waals surface area contributed by atoms with Gasteiger partial charge in [-0.2, -0.15) is 0 Å². The number of thiophene rings is 2. The van der Waals surface area contributed by atoms with E-state index in [9.17, 15) is 0 Å². The zero-order valence-corrected chi connectivity index (χ0v) is 30.8. The summed E-state index contributed by atoms with van der Waals surface area (Å²) in [4.78, 5) is 0. The Balaban J connectivity index is 1.09. The van der Waals surface area contributed by atoms with E-state index >= 15 is 0 Å². The molecule has 0 fully saturated rings. The lowest BCUT2D eigenvalue weighted by Gasteiger charge is -2.19. The summed E-state index contributed by atoms with van der Waals surface area (Å²) < 4.78 is 5.40. The lowest BCUT2D eigenvalue weighted by Crippen LogP contribution is -1.91. The first-order valence-electron chi connectivity index (χ1n) is 18.5. The Morgan fingerprint density at radius 1 is 0.278 bits per heavy atom. The van der Waals surface area contributed by atoms with Crippen LogP contribution in [-0.2, 0) is 0 Å². The fourth-order valence-electron chi connectivity index (χ4n) is 9.07. The molecule has 250 valence electrons. The van der Waals surface area contributed by atoms with Crippen LogP contribution in [0.2, 0.25) is 0 Å². The Labute approximate surface area is 319 Å². The van der Waals surface area contributed by atoms with Gasteiger partial charge in [0.05, 0.1) is 0 Å².